The van der Waals surface area contributed by atoms with Gasteiger partial charge in [-0.15, -0.1) is 0 Å². The van der Waals surface area contributed by atoms with Gasteiger partial charge >= 0.3 is 6.03 Å². The van der Waals surface area contributed by atoms with Crippen molar-refractivity contribution >= 4 is 16.1 Å². The number of benzene rings is 1. The second kappa shape index (κ2) is 4.99. The number of aryl methyl sites for hydroxylation is 1. The lowest BCUT2D eigenvalue weighted by Crippen LogP contribution is -2.53. The Labute approximate surface area is 124 Å². The van der Waals surface area contributed by atoms with Crippen LogP contribution >= 0.6 is 0 Å². The molecule has 21 heavy (non-hydrogen) atoms. The molecule has 6 nitrogen and oxygen atoms in total. The van der Waals surface area contributed by atoms with Crippen LogP contribution in [0.4, 0.5) is 4.79 Å². The Morgan fingerprint density at radius 1 is 1.14 bits per heavy atom. The fourth-order valence-electron chi connectivity index (χ4n) is 2.89. The minimum absolute atomic E-state index is 0.162. The average Bonchev–Trinajstić information content (AvgIpc) is 2.81. The second-order valence-corrected chi connectivity index (χ2v) is 7.74. The van der Waals surface area contributed by atoms with E-state index in [0.717, 1.165) is 5.56 Å². The van der Waals surface area contributed by atoms with Crippen molar-refractivity contribution in [2.75, 3.05) is 19.6 Å². The molecule has 2 amide bonds. The highest BCUT2D eigenvalue weighted by Crippen LogP contribution is 2.28. The molecule has 2 fully saturated rings. The van der Waals surface area contributed by atoms with E-state index in [2.05, 4.69) is 10.6 Å². The van der Waals surface area contributed by atoms with Crippen molar-refractivity contribution in [1.29, 1.82) is 0 Å². The lowest BCUT2D eigenvalue weighted by molar-refractivity contribution is 0.216. The van der Waals surface area contributed by atoms with Gasteiger partial charge in [-0.25, -0.2) is 13.2 Å². The van der Waals surface area contributed by atoms with Crippen LogP contribution in [-0.2, 0) is 10.0 Å². The molecule has 0 saturated carbocycles. The highest BCUT2D eigenvalue weighted by Gasteiger charge is 2.42. The first-order chi connectivity index (χ1) is 9.91. The standard InChI is InChI=1S/C14H19N3O3S/c1-11-2-4-12(5-3-11)21(19,20)17-8-6-14(7-9-17)10-15-13(18)16-14/h2-5H,6-10H2,1H3,(H2,15,16,18). The molecule has 0 aromatic heterocycles. The van der Waals surface area contributed by atoms with Crippen molar-refractivity contribution in [1.82, 2.24) is 14.9 Å². The number of rotatable bonds is 2. The maximum Gasteiger partial charge on any atom is 0.315 e. The molecule has 2 heterocycles. The fraction of sp³-hybridized carbons (Fsp3) is 0.500. The first-order valence-corrected chi connectivity index (χ1v) is 8.48. The van der Waals surface area contributed by atoms with E-state index >= 15 is 0 Å². The number of sulfonamides is 1. The van der Waals surface area contributed by atoms with Crippen LogP contribution < -0.4 is 10.6 Å². The molecule has 1 spiro atoms. The van der Waals surface area contributed by atoms with Gasteiger partial charge < -0.3 is 10.6 Å². The van der Waals surface area contributed by atoms with Crippen LogP contribution in [0.15, 0.2) is 29.2 Å². The average molecular weight is 309 g/mol. The molecule has 2 aliphatic heterocycles. The lowest BCUT2D eigenvalue weighted by Gasteiger charge is -2.37. The SMILES string of the molecule is Cc1ccc(S(=O)(=O)N2CCC3(CC2)CNC(=O)N3)cc1. The van der Waals surface area contributed by atoms with Crippen molar-refractivity contribution in [2.24, 2.45) is 0 Å². The summed E-state index contributed by atoms with van der Waals surface area (Å²) in [6, 6.07) is 6.74. The Morgan fingerprint density at radius 3 is 2.29 bits per heavy atom. The van der Waals surface area contributed by atoms with E-state index in [1.54, 1.807) is 24.3 Å². The van der Waals surface area contributed by atoms with Gasteiger partial charge in [-0.3, -0.25) is 0 Å². The predicted molar refractivity (Wildman–Crippen MR) is 78.4 cm³/mol. The molecule has 1 aromatic rings. The minimum atomic E-state index is -3.44. The molecular formula is C14H19N3O3S. The van der Waals surface area contributed by atoms with Gasteiger partial charge in [0.1, 0.15) is 0 Å². The molecule has 2 N–H and O–H groups in total. The number of carbonyl (C=O) groups is 1. The number of piperidine rings is 1. The quantitative estimate of drug-likeness (QED) is 0.849. The van der Waals surface area contributed by atoms with Crippen LogP contribution in [0.25, 0.3) is 0 Å². The molecule has 0 bridgehead atoms. The van der Waals surface area contributed by atoms with Gasteiger partial charge in [-0.2, -0.15) is 4.31 Å². The number of nitrogens with zero attached hydrogens (tertiary/aromatic N) is 1. The number of amides is 2. The lowest BCUT2D eigenvalue weighted by atomic mass is 9.90. The molecule has 3 rings (SSSR count). The predicted octanol–water partition coefficient (Wildman–Crippen LogP) is 0.831. The highest BCUT2D eigenvalue weighted by atomic mass is 32.2. The first-order valence-electron chi connectivity index (χ1n) is 7.04. The molecule has 2 aliphatic rings. The van der Waals surface area contributed by atoms with Gasteiger partial charge in [0.25, 0.3) is 0 Å². The normalized spacial score (nSPS) is 22.0. The van der Waals surface area contributed by atoms with E-state index < -0.39 is 10.0 Å². The van der Waals surface area contributed by atoms with Gasteiger partial charge in [0.15, 0.2) is 0 Å². The van der Waals surface area contributed by atoms with Crippen LogP contribution in [0.5, 0.6) is 0 Å². The van der Waals surface area contributed by atoms with E-state index in [0.29, 0.717) is 37.4 Å². The second-order valence-electron chi connectivity index (χ2n) is 5.81. The van der Waals surface area contributed by atoms with Crippen LogP contribution in [0.2, 0.25) is 0 Å². The maximum absolute atomic E-state index is 12.6. The number of hydrogen-bond donors (Lipinski definition) is 2. The summed E-state index contributed by atoms with van der Waals surface area (Å²) in [5.41, 5.74) is 0.752. The first kappa shape index (κ1) is 14.3. The van der Waals surface area contributed by atoms with Crippen molar-refractivity contribution in [3.8, 4) is 0 Å². The Balaban J connectivity index is 1.74. The third-order valence-electron chi connectivity index (χ3n) is 4.30. The summed E-state index contributed by atoms with van der Waals surface area (Å²) < 4.78 is 26.7. The Morgan fingerprint density at radius 2 is 1.76 bits per heavy atom. The van der Waals surface area contributed by atoms with Gasteiger partial charge in [0, 0.05) is 19.6 Å². The van der Waals surface area contributed by atoms with Crippen LogP contribution in [0, 0.1) is 6.92 Å². The van der Waals surface area contributed by atoms with Crippen molar-refractivity contribution in [2.45, 2.75) is 30.2 Å². The minimum Gasteiger partial charge on any atom is -0.336 e. The number of nitrogens with one attached hydrogen (secondary N) is 2. The van der Waals surface area contributed by atoms with Crippen molar-refractivity contribution < 1.29 is 13.2 Å². The van der Waals surface area contributed by atoms with E-state index in [1.165, 1.54) is 4.31 Å². The Bertz CT molecular complexity index is 647. The van der Waals surface area contributed by atoms with Crippen molar-refractivity contribution in [3.05, 3.63) is 29.8 Å². The van der Waals surface area contributed by atoms with Gasteiger partial charge in [0.2, 0.25) is 10.0 Å². The molecule has 0 aliphatic carbocycles. The highest BCUT2D eigenvalue weighted by molar-refractivity contribution is 7.89. The monoisotopic (exact) mass is 309 g/mol. The van der Waals surface area contributed by atoms with Gasteiger partial charge in [-0.05, 0) is 31.9 Å². The Kier molecular flexibility index (Phi) is 3.41. The zero-order valence-electron chi connectivity index (χ0n) is 11.9. The summed E-state index contributed by atoms with van der Waals surface area (Å²) >= 11 is 0. The smallest absolute Gasteiger partial charge is 0.315 e. The van der Waals surface area contributed by atoms with Crippen molar-refractivity contribution in [3.63, 3.8) is 0 Å². The third kappa shape index (κ3) is 2.63. The summed E-state index contributed by atoms with van der Waals surface area (Å²) in [5, 5.41) is 5.67. The zero-order valence-corrected chi connectivity index (χ0v) is 12.7. The molecule has 7 heteroatoms. The van der Waals surface area contributed by atoms with Gasteiger partial charge in [-0.1, -0.05) is 17.7 Å². The third-order valence-corrected chi connectivity index (χ3v) is 6.22. The van der Waals surface area contributed by atoms with E-state index in [1.807, 2.05) is 6.92 Å². The topological polar surface area (TPSA) is 78.5 Å². The Hall–Kier alpha value is -1.60. The molecule has 114 valence electrons. The van der Waals surface area contributed by atoms with Crippen LogP contribution in [0.3, 0.4) is 0 Å². The molecule has 2 saturated heterocycles. The summed E-state index contributed by atoms with van der Waals surface area (Å²) in [6.07, 6.45) is 1.27. The largest absolute Gasteiger partial charge is 0.336 e. The maximum atomic E-state index is 12.6. The number of carbonyl (C=O) groups excluding carboxylic acids is 1. The molecule has 0 atom stereocenters. The molecular weight excluding hydrogens is 290 g/mol. The van der Waals surface area contributed by atoms with Crippen LogP contribution in [0.1, 0.15) is 18.4 Å². The summed E-state index contributed by atoms with van der Waals surface area (Å²) in [6.45, 7) is 3.36. The summed E-state index contributed by atoms with van der Waals surface area (Å²) in [5.74, 6) is 0. The molecule has 0 radical (unpaired) electrons. The number of hydrogen-bond acceptors (Lipinski definition) is 3. The van der Waals surface area contributed by atoms with E-state index in [4.69, 9.17) is 0 Å². The molecule has 0 unspecified atom stereocenters. The summed E-state index contributed by atoms with van der Waals surface area (Å²) in [7, 11) is -3.44. The van der Waals surface area contributed by atoms with Crippen LogP contribution in [-0.4, -0.2) is 43.9 Å². The summed E-state index contributed by atoms with van der Waals surface area (Å²) in [4.78, 5) is 11.6. The van der Waals surface area contributed by atoms with E-state index in [-0.39, 0.29) is 11.6 Å². The zero-order chi connectivity index (χ0) is 15.1. The molecule has 1 aromatic carbocycles. The van der Waals surface area contributed by atoms with Gasteiger partial charge in [0.05, 0.1) is 10.4 Å². The fourth-order valence-corrected chi connectivity index (χ4v) is 4.34. The number of urea groups is 1. The van der Waals surface area contributed by atoms with E-state index in [9.17, 15) is 13.2 Å².